The van der Waals surface area contributed by atoms with Gasteiger partial charge in [-0.3, -0.25) is 14.5 Å². The number of aliphatic hydroxyl groups excluding tert-OH is 2. The molecule has 0 saturated carbocycles. The van der Waals surface area contributed by atoms with E-state index in [0.29, 0.717) is 42.3 Å². The number of nitrogens with zero attached hydrogens (tertiary/aromatic N) is 14. The normalized spacial score (nSPS) is 21.0. The van der Waals surface area contributed by atoms with Gasteiger partial charge in [-0.05, 0) is 136 Å². The van der Waals surface area contributed by atoms with E-state index in [9.17, 15) is 24.3 Å². The number of piperidine rings is 2. The molecule has 66 heavy (non-hydrogen) atoms. The van der Waals surface area contributed by atoms with Gasteiger partial charge in [0.05, 0.1) is 40.0 Å². The molecular weight excluding hydrogens is 853 g/mol. The Kier molecular flexibility index (Phi) is 14.0. The summed E-state index contributed by atoms with van der Waals surface area (Å²) in [5, 5.41) is 39.2. The lowest BCUT2D eigenvalue weighted by molar-refractivity contribution is -0.139. The van der Waals surface area contributed by atoms with E-state index in [4.69, 9.17) is 14.6 Å². The SMILES string of the molecule is CC1=C(N2CCC3(CCN(C(CO)Cc4ccc(-n5cnnn5)nc4)CC3)C2=O)COC1=O.CC1=C(N2CCC3(CCN(CCc4ccc(-n5cnnn5)nc4)CC3)C2=O)COC1=O.CO. The highest BCUT2D eigenvalue weighted by atomic mass is 16.5. The van der Waals surface area contributed by atoms with Gasteiger partial charge in [0.15, 0.2) is 11.6 Å². The summed E-state index contributed by atoms with van der Waals surface area (Å²) in [5.74, 6) is 0.963. The van der Waals surface area contributed by atoms with Crippen LogP contribution >= 0.6 is 0 Å². The van der Waals surface area contributed by atoms with E-state index in [0.717, 1.165) is 107 Å². The van der Waals surface area contributed by atoms with Gasteiger partial charge in [0.25, 0.3) is 0 Å². The lowest BCUT2D eigenvalue weighted by atomic mass is 9.76. The van der Waals surface area contributed by atoms with E-state index >= 15 is 0 Å². The van der Waals surface area contributed by atoms with Crippen LogP contribution in [0.5, 0.6) is 0 Å². The van der Waals surface area contributed by atoms with Crippen LogP contribution in [0.4, 0.5) is 0 Å². The van der Waals surface area contributed by atoms with E-state index in [1.807, 2.05) is 24.4 Å². The number of hydrogen-bond acceptors (Lipinski definition) is 18. The number of carbonyl (C=O) groups excluding carboxylic acids is 4. The first-order chi connectivity index (χ1) is 32.1. The van der Waals surface area contributed by atoms with Crippen molar-refractivity contribution in [2.24, 2.45) is 10.8 Å². The molecule has 10 rings (SSSR count). The van der Waals surface area contributed by atoms with Crippen LogP contribution in [0.3, 0.4) is 0 Å². The predicted molar refractivity (Wildman–Crippen MR) is 232 cm³/mol. The van der Waals surface area contributed by atoms with Gasteiger partial charge < -0.3 is 34.4 Å². The highest BCUT2D eigenvalue weighted by Crippen LogP contribution is 2.45. The lowest BCUT2D eigenvalue weighted by Crippen LogP contribution is -2.49. The van der Waals surface area contributed by atoms with Crippen molar-refractivity contribution >= 4 is 23.8 Å². The Balaban J connectivity index is 0.000000173. The Morgan fingerprint density at radius 3 is 1.53 bits per heavy atom. The van der Waals surface area contributed by atoms with Crippen LogP contribution in [0, 0.1) is 10.8 Å². The minimum absolute atomic E-state index is 0.0351. The molecule has 350 valence electrons. The molecule has 0 bridgehead atoms. The molecular formula is C44H56N14O8. The number of carbonyl (C=O) groups is 4. The van der Waals surface area contributed by atoms with Crippen LogP contribution in [0.15, 0.2) is 71.9 Å². The third-order valence-electron chi connectivity index (χ3n) is 14.1. The number of likely N-dealkylation sites (tertiary alicyclic amines) is 4. The number of aromatic nitrogens is 10. The highest BCUT2D eigenvalue weighted by molar-refractivity contribution is 5.95. The van der Waals surface area contributed by atoms with Crippen molar-refractivity contribution in [1.29, 1.82) is 0 Å². The number of hydrogen-bond donors (Lipinski definition) is 2. The fraction of sp³-hybridized carbons (Fsp3) is 0.545. The maximum atomic E-state index is 13.3. The summed E-state index contributed by atoms with van der Waals surface area (Å²) in [6, 6.07) is 7.75. The molecule has 0 aromatic carbocycles. The van der Waals surface area contributed by atoms with E-state index in [-0.39, 0.29) is 60.4 Å². The Labute approximate surface area is 381 Å². The molecule has 4 aromatic rings. The van der Waals surface area contributed by atoms with E-state index in [2.05, 4.69) is 56.9 Å². The average Bonchev–Trinajstić information content (AvgIpc) is 4.25. The predicted octanol–water partition coefficient (Wildman–Crippen LogP) is 0.460. The smallest absolute Gasteiger partial charge is 0.336 e. The van der Waals surface area contributed by atoms with Crippen LogP contribution in [0.25, 0.3) is 11.6 Å². The van der Waals surface area contributed by atoms with Gasteiger partial charge in [-0.25, -0.2) is 19.6 Å². The van der Waals surface area contributed by atoms with Gasteiger partial charge in [0, 0.05) is 45.2 Å². The number of aliphatic hydroxyl groups is 2. The van der Waals surface area contributed by atoms with Crippen LogP contribution in [-0.2, 0) is 41.5 Å². The summed E-state index contributed by atoms with van der Waals surface area (Å²) in [6.07, 6.45) is 13.1. The quantitative estimate of drug-likeness (QED) is 0.194. The zero-order chi connectivity index (χ0) is 46.4. The second-order valence-electron chi connectivity index (χ2n) is 17.5. The van der Waals surface area contributed by atoms with Gasteiger partial charge in [-0.2, -0.15) is 9.36 Å². The number of esters is 2. The maximum Gasteiger partial charge on any atom is 0.336 e. The molecule has 2 N–H and O–H groups in total. The van der Waals surface area contributed by atoms with Gasteiger partial charge in [0.1, 0.15) is 25.9 Å². The van der Waals surface area contributed by atoms with E-state index in [1.165, 1.54) is 22.0 Å². The van der Waals surface area contributed by atoms with Gasteiger partial charge in [0.2, 0.25) is 11.8 Å². The Morgan fingerprint density at radius 1 is 0.652 bits per heavy atom. The number of pyridine rings is 2. The monoisotopic (exact) mass is 908 g/mol. The molecule has 1 unspecified atom stereocenters. The highest BCUT2D eigenvalue weighted by Gasteiger charge is 2.51. The third-order valence-corrected chi connectivity index (χ3v) is 14.1. The fourth-order valence-electron chi connectivity index (χ4n) is 9.88. The summed E-state index contributed by atoms with van der Waals surface area (Å²) in [7, 11) is 1.00. The molecule has 22 heteroatoms. The molecule has 1 atom stereocenters. The van der Waals surface area contributed by atoms with Crippen LogP contribution in [0.2, 0.25) is 0 Å². The number of tetrazole rings is 2. The molecule has 4 saturated heterocycles. The molecule has 0 radical (unpaired) electrons. The van der Waals surface area contributed by atoms with Crippen LogP contribution in [-0.4, -0.2) is 183 Å². The zero-order valence-electron chi connectivity index (χ0n) is 37.5. The summed E-state index contributed by atoms with van der Waals surface area (Å²) < 4.78 is 13.2. The molecule has 6 aliphatic heterocycles. The minimum Gasteiger partial charge on any atom is -0.456 e. The second-order valence-corrected chi connectivity index (χ2v) is 17.5. The topological polar surface area (TPSA) is 253 Å². The van der Waals surface area contributed by atoms with Crippen molar-refractivity contribution in [3.63, 3.8) is 0 Å². The number of ether oxygens (including phenoxy) is 2. The van der Waals surface area contributed by atoms with Gasteiger partial charge in [-0.1, -0.05) is 12.1 Å². The van der Waals surface area contributed by atoms with Gasteiger partial charge in [-0.15, -0.1) is 10.2 Å². The number of cyclic esters (lactones) is 2. The van der Waals surface area contributed by atoms with Crippen molar-refractivity contribution in [2.75, 3.05) is 72.7 Å². The summed E-state index contributed by atoms with van der Waals surface area (Å²) >= 11 is 0. The van der Waals surface area contributed by atoms with Crippen molar-refractivity contribution in [3.8, 4) is 11.6 Å². The molecule has 10 heterocycles. The molecule has 2 amide bonds. The van der Waals surface area contributed by atoms with Gasteiger partial charge >= 0.3 is 11.9 Å². The van der Waals surface area contributed by atoms with Crippen LogP contribution < -0.4 is 0 Å². The standard InChI is InChI=1S/C22H27N7O4.C21H25N7O3.CH4O/c1-15-18(13-33-20(15)31)28-9-6-22(21(28)32)4-7-27(8-5-22)17(12-30)10-16-2-3-19(23-11-16)29-14-24-25-26-29;1-15-17(13-31-19(15)29)27-11-7-21(20(27)30)5-9-26(10-6-21)8-4-16-2-3-18(22-12-16)28-14-23-24-25-28;1-2/h2-3,11,14,17,30H,4-10,12-13H2,1H3;2-3,12,14H,4-11,13H2,1H3;2H,1H3. The van der Waals surface area contributed by atoms with Crippen molar-refractivity contribution < 1.29 is 38.9 Å². The van der Waals surface area contributed by atoms with Crippen molar-refractivity contribution in [2.45, 2.75) is 71.3 Å². The molecule has 6 aliphatic rings. The van der Waals surface area contributed by atoms with E-state index < -0.39 is 0 Å². The molecule has 2 spiro atoms. The Morgan fingerprint density at radius 2 is 1.12 bits per heavy atom. The largest absolute Gasteiger partial charge is 0.456 e. The zero-order valence-corrected chi connectivity index (χ0v) is 37.5. The second kappa shape index (κ2) is 20.0. The van der Waals surface area contributed by atoms with Crippen molar-refractivity contribution in [1.82, 2.24) is 70.0 Å². The fourth-order valence-corrected chi connectivity index (χ4v) is 9.88. The Hall–Kier alpha value is -6.36. The van der Waals surface area contributed by atoms with Crippen molar-refractivity contribution in [3.05, 3.63) is 83.0 Å². The van der Waals surface area contributed by atoms with E-state index in [1.54, 1.807) is 29.8 Å². The number of rotatable bonds is 11. The molecule has 22 nitrogen and oxygen atoms in total. The lowest BCUT2D eigenvalue weighted by Gasteiger charge is -2.41. The first-order valence-electron chi connectivity index (χ1n) is 22.3. The molecule has 4 aromatic heterocycles. The number of amides is 2. The third kappa shape index (κ3) is 9.35. The summed E-state index contributed by atoms with van der Waals surface area (Å²) in [5.41, 5.74) is 4.09. The molecule has 0 aliphatic carbocycles. The maximum absolute atomic E-state index is 13.3. The first-order valence-corrected chi connectivity index (χ1v) is 22.3. The van der Waals surface area contributed by atoms with Crippen LogP contribution in [0.1, 0.15) is 63.5 Å². The molecule has 4 fully saturated rings. The first kappa shape index (κ1) is 46.2. The average molecular weight is 909 g/mol. The summed E-state index contributed by atoms with van der Waals surface area (Å²) in [6.45, 7) is 9.46. The Bertz CT molecular complexity index is 2410. The minimum atomic E-state index is -0.384. The summed E-state index contributed by atoms with van der Waals surface area (Å²) in [4.78, 5) is 67.0.